The fourth-order valence-corrected chi connectivity index (χ4v) is 2.30. The molecule has 84 valence electrons. The van der Waals surface area contributed by atoms with E-state index in [0.717, 1.165) is 21.5 Å². The topological polar surface area (TPSA) is 50.9 Å². The van der Waals surface area contributed by atoms with Crippen LogP contribution in [0, 0.1) is 0 Å². The summed E-state index contributed by atoms with van der Waals surface area (Å²) in [6, 6.07) is 1.97. The van der Waals surface area contributed by atoms with Gasteiger partial charge in [-0.25, -0.2) is 9.97 Å². The highest BCUT2D eigenvalue weighted by Gasteiger charge is 2.29. The van der Waals surface area contributed by atoms with E-state index in [0.29, 0.717) is 12.5 Å². The Labute approximate surface area is 101 Å². The lowest BCUT2D eigenvalue weighted by Gasteiger charge is -2.04. The molecule has 1 saturated carbocycles. The van der Waals surface area contributed by atoms with E-state index >= 15 is 0 Å². The van der Waals surface area contributed by atoms with Crippen molar-refractivity contribution in [2.45, 2.75) is 25.3 Å². The van der Waals surface area contributed by atoms with Crippen LogP contribution in [0.3, 0.4) is 0 Å². The zero-order valence-electron chi connectivity index (χ0n) is 8.73. The summed E-state index contributed by atoms with van der Waals surface area (Å²) in [4.78, 5) is 8.99. The Kier molecular flexibility index (Phi) is 2.44. The minimum Gasteiger partial charge on any atom is -0.395 e. The Hall–Kier alpha value is -0.940. The van der Waals surface area contributed by atoms with Gasteiger partial charge in [0.25, 0.3) is 0 Å². The minimum absolute atomic E-state index is 0.128. The first kappa shape index (κ1) is 10.2. The van der Waals surface area contributed by atoms with E-state index < -0.39 is 0 Å². The van der Waals surface area contributed by atoms with Crippen LogP contribution in [0.2, 0.25) is 0 Å². The molecule has 0 atom stereocenters. The van der Waals surface area contributed by atoms with E-state index in [1.165, 1.54) is 12.8 Å². The molecule has 1 aliphatic carbocycles. The molecule has 4 nitrogen and oxygen atoms in total. The van der Waals surface area contributed by atoms with Crippen molar-refractivity contribution in [1.29, 1.82) is 0 Å². The standard InChI is InChI=1S/C11H12BrN3O/c12-8-5-9-11(13-6-8)15(3-4-16)10(14-9)7-1-2-7/h5-7,16H,1-4H2. The number of fused-ring (bicyclic) bond motifs is 1. The summed E-state index contributed by atoms with van der Waals surface area (Å²) >= 11 is 3.40. The lowest BCUT2D eigenvalue weighted by Crippen LogP contribution is -2.06. The van der Waals surface area contributed by atoms with Crippen molar-refractivity contribution in [3.8, 4) is 0 Å². The van der Waals surface area contributed by atoms with Gasteiger partial charge in [-0.3, -0.25) is 0 Å². The van der Waals surface area contributed by atoms with Crippen LogP contribution < -0.4 is 0 Å². The molecule has 2 aromatic rings. The molecule has 0 amide bonds. The molecule has 0 radical (unpaired) electrons. The smallest absolute Gasteiger partial charge is 0.160 e. The first-order valence-corrected chi connectivity index (χ1v) is 6.21. The van der Waals surface area contributed by atoms with Crippen LogP contribution in [0.4, 0.5) is 0 Å². The Morgan fingerprint density at radius 1 is 1.50 bits per heavy atom. The van der Waals surface area contributed by atoms with Gasteiger partial charge >= 0.3 is 0 Å². The third-order valence-electron chi connectivity index (χ3n) is 2.85. The number of aliphatic hydroxyl groups excluding tert-OH is 1. The van der Waals surface area contributed by atoms with Crippen LogP contribution in [-0.2, 0) is 6.54 Å². The summed E-state index contributed by atoms with van der Waals surface area (Å²) < 4.78 is 2.98. The largest absolute Gasteiger partial charge is 0.395 e. The molecule has 0 aliphatic heterocycles. The van der Waals surface area contributed by atoms with E-state index in [2.05, 4.69) is 25.9 Å². The van der Waals surface area contributed by atoms with Gasteiger partial charge in [0.15, 0.2) is 5.65 Å². The van der Waals surface area contributed by atoms with Crippen molar-refractivity contribution in [3.05, 3.63) is 22.6 Å². The summed E-state index contributed by atoms with van der Waals surface area (Å²) in [5.74, 6) is 1.65. The maximum atomic E-state index is 9.09. The lowest BCUT2D eigenvalue weighted by atomic mass is 10.4. The van der Waals surface area contributed by atoms with Crippen LogP contribution >= 0.6 is 15.9 Å². The van der Waals surface area contributed by atoms with Gasteiger partial charge in [-0.1, -0.05) is 0 Å². The van der Waals surface area contributed by atoms with Crippen molar-refractivity contribution in [3.63, 3.8) is 0 Å². The number of nitrogens with zero attached hydrogens (tertiary/aromatic N) is 3. The van der Waals surface area contributed by atoms with Crippen molar-refractivity contribution >= 4 is 27.1 Å². The molecule has 0 unspecified atom stereocenters. The molecule has 2 heterocycles. The van der Waals surface area contributed by atoms with Gasteiger partial charge in [-0.2, -0.15) is 0 Å². The third kappa shape index (κ3) is 1.64. The fourth-order valence-electron chi connectivity index (χ4n) is 1.98. The average molecular weight is 282 g/mol. The second-order valence-corrected chi connectivity index (χ2v) is 5.03. The number of hydrogen-bond donors (Lipinski definition) is 1. The first-order chi connectivity index (χ1) is 7.79. The lowest BCUT2D eigenvalue weighted by molar-refractivity contribution is 0.275. The zero-order valence-corrected chi connectivity index (χ0v) is 10.3. The molecular weight excluding hydrogens is 270 g/mol. The quantitative estimate of drug-likeness (QED) is 0.937. The average Bonchev–Trinajstić information content (AvgIpc) is 3.04. The number of rotatable bonds is 3. The number of aromatic nitrogens is 3. The molecule has 1 N–H and O–H groups in total. The van der Waals surface area contributed by atoms with E-state index in [1.54, 1.807) is 6.20 Å². The normalized spacial score (nSPS) is 15.9. The summed E-state index contributed by atoms with van der Waals surface area (Å²) in [5, 5.41) is 9.09. The van der Waals surface area contributed by atoms with Crippen molar-refractivity contribution in [2.75, 3.05) is 6.61 Å². The predicted molar refractivity (Wildman–Crippen MR) is 64.3 cm³/mol. The molecule has 2 aromatic heterocycles. The van der Waals surface area contributed by atoms with Gasteiger partial charge in [-0.05, 0) is 34.8 Å². The summed E-state index contributed by atoms with van der Waals surface area (Å²) in [5.41, 5.74) is 1.78. The first-order valence-electron chi connectivity index (χ1n) is 5.42. The summed E-state index contributed by atoms with van der Waals surface area (Å²) in [7, 11) is 0. The Morgan fingerprint density at radius 3 is 3.00 bits per heavy atom. The van der Waals surface area contributed by atoms with E-state index in [-0.39, 0.29) is 6.61 Å². The van der Waals surface area contributed by atoms with Gasteiger partial charge in [0, 0.05) is 23.1 Å². The predicted octanol–water partition coefficient (Wildman–Crippen LogP) is 2.06. The second kappa shape index (κ2) is 3.82. The van der Waals surface area contributed by atoms with Crippen LogP contribution in [0.25, 0.3) is 11.2 Å². The van der Waals surface area contributed by atoms with Crippen molar-refractivity contribution in [1.82, 2.24) is 14.5 Å². The minimum atomic E-state index is 0.128. The molecule has 16 heavy (non-hydrogen) atoms. The summed E-state index contributed by atoms with van der Waals surface area (Å²) in [6.45, 7) is 0.708. The maximum absolute atomic E-state index is 9.09. The highest BCUT2D eigenvalue weighted by molar-refractivity contribution is 9.10. The number of halogens is 1. The van der Waals surface area contributed by atoms with Crippen LogP contribution in [0.15, 0.2) is 16.7 Å². The number of pyridine rings is 1. The molecule has 3 rings (SSSR count). The highest BCUT2D eigenvalue weighted by atomic mass is 79.9. The molecule has 0 bridgehead atoms. The molecular formula is C11H12BrN3O. The van der Waals surface area contributed by atoms with Gasteiger partial charge < -0.3 is 9.67 Å². The molecule has 1 aliphatic rings. The molecule has 5 heteroatoms. The highest BCUT2D eigenvalue weighted by Crippen LogP contribution is 2.40. The monoisotopic (exact) mass is 281 g/mol. The van der Waals surface area contributed by atoms with Crippen LogP contribution in [0.1, 0.15) is 24.6 Å². The second-order valence-electron chi connectivity index (χ2n) is 4.12. The fraction of sp³-hybridized carbons (Fsp3) is 0.455. The van der Waals surface area contributed by atoms with E-state index in [9.17, 15) is 0 Å². The molecule has 1 fully saturated rings. The summed E-state index contributed by atoms with van der Waals surface area (Å²) in [6.07, 6.45) is 4.18. The zero-order chi connectivity index (χ0) is 11.1. The van der Waals surface area contributed by atoms with Crippen LogP contribution in [-0.4, -0.2) is 26.2 Å². The number of hydrogen-bond acceptors (Lipinski definition) is 3. The number of aliphatic hydroxyl groups is 1. The van der Waals surface area contributed by atoms with E-state index in [1.807, 2.05) is 10.6 Å². The van der Waals surface area contributed by atoms with Crippen molar-refractivity contribution in [2.24, 2.45) is 0 Å². The van der Waals surface area contributed by atoms with Gasteiger partial charge in [0.05, 0.1) is 6.61 Å². The Morgan fingerprint density at radius 2 is 2.31 bits per heavy atom. The van der Waals surface area contributed by atoms with Gasteiger partial charge in [-0.15, -0.1) is 0 Å². The van der Waals surface area contributed by atoms with E-state index in [4.69, 9.17) is 5.11 Å². The van der Waals surface area contributed by atoms with Crippen LogP contribution in [0.5, 0.6) is 0 Å². The molecule has 0 spiro atoms. The maximum Gasteiger partial charge on any atom is 0.160 e. The molecule has 0 saturated heterocycles. The van der Waals surface area contributed by atoms with Crippen molar-refractivity contribution < 1.29 is 5.11 Å². The molecule has 0 aromatic carbocycles. The van der Waals surface area contributed by atoms with Gasteiger partial charge in [0.2, 0.25) is 0 Å². The SMILES string of the molecule is OCCn1c(C2CC2)nc2cc(Br)cnc21. The van der Waals surface area contributed by atoms with Gasteiger partial charge in [0.1, 0.15) is 11.3 Å². The number of imidazole rings is 1. The Balaban J connectivity index is 2.19. The third-order valence-corrected chi connectivity index (χ3v) is 3.28. The Bertz CT molecular complexity index is 533.